The fraction of sp³-hybridized carbons (Fsp3) is 0.765. The van der Waals surface area contributed by atoms with Crippen LogP contribution in [-0.2, 0) is 33.6 Å². The van der Waals surface area contributed by atoms with E-state index in [9.17, 15) is 58.8 Å². The lowest BCUT2D eigenvalue weighted by Crippen LogP contribution is -2.85. The van der Waals surface area contributed by atoms with Gasteiger partial charge in [0, 0.05) is 32.2 Å². The van der Waals surface area contributed by atoms with Crippen molar-refractivity contribution in [3.8, 4) is 0 Å². The Hall–Kier alpha value is -4.20. The second-order valence-electron chi connectivity index (χ2n) is 15.7. The summed E-state index contributed by atoms with van der Waals surface area (Å²) in [5, 5.41) is 52.5. The van der Waals surface area contributed by atoms with E-state index in [0.29, 0.717) is 67.5 Å². The number of carboxylic acids is 5. The molecule has 0 aromatic heterocycles. The molecule has 4 aliphatic rings. The minimum absolute atomic E-state index is 0.0101. The molecule has 0 saturated carbocycles. The van der Waals surface area contributed by atoms with Crippen LogP contribution in [0.1, 0.15) is 64.2 Å². The predicted molar refractivity (Wildman–Crippen MR) is 181 cm³/mol. The number of quaternary nitrogens is 4. The van der Waals surface area contributed by atoms with Gasteiger partial charge in [-0.3, -0.25) is 19.2 Å². The molecule has 4 aliphatic heterocycles. The molecule has 0 aliphatic carbocycles. The number of unbranched alkanes of at least 4 members (excludes halogenated alkanes) is 2. The van der Waals surface area contributed by atoms with E-state index in [-0.39, 0.29) is 85.9 Å². The number of hydrogen-bond donors (Lipinski definition) is 7. The number of Topliss-reactive ketones (excluding diaryl/α,β-unsaturated/α-hetero) is 2. The first kappa shape index (κ1) is 41.6. The van der Waals surface area contributed by atoms with Crippen LogP contribution in [0.2, 0.25) is 0 Å². The molecule has 4 heterocycles. The maximum absolute atomic E-state index is 13.7. The fourth-order valence-electron chi connectivity index (χ4n) is 10.6. The molecule has 0 aromatic rings. The van der Waals surface area contributed by atoms with Crippen molar-refractivity contribution in [1.29, 1.82) is 0 Å². The molecule has 53 heavy (non-hydrogen) atoms. The largest absolute Gasteiger partial charge is 0.482 e. The predicted octanol–water partition coefficient (Wildman–Crippen LogP) is -0.705. The molecule has 0 radical (unpaired) electrons. The molecule has 7 atom stereocenters. The van der Waals surface area contributed by atoms with E-state index in [1.165, 1.54) is 0 Å². The van der Waals surface area contributed by atoms with Gasteiger partial charge in [0.2, 0.25) is 0 Å². The summed E-state index contributed by atoms with van der Waals surface area (Å²) in [6.45, 7) is 5.02. The topological polar surface area (TPSA) is 262 Å². The summed E-state index contributed by atoms with van der Waals surface area (Å²) in [5.41, 5.74) is 0. The maximum Gasteiger partial charge on any atom is 0.482 e. The van der Waals surface area contributed by atoms with E-state index in [2.05, 4.69) is 17.7 Å². The van der Waals surface area contributed by atoms with Gasteiger partial charge < -0.3 is 36.2 Å². The van der Waals surface area contributed by atoms with Crippen molar-refractivity contribution in [2.24, 2.45) is 5.92 Å². The van der Waals surface area contributed by atoms with Gasteiger partial charge >= 0.3 is 41.8 Å². The second-order valence-corrected chi connectivity index (χ2v) is 15.7. The maximum atomic E-state index is 13.7. The van der Waals surface area contributed by atoms with E-state index in [0.717, 1.165) is 13.1 Å². The van der Waals surface area contributed by atoms with E-state index in [1.807, 2.05) is 0 Å². The first-order valence-electron chi connectivity index (χ1n) is 18.5. The lowest BCUT2D eigenvalue weighted by molar-refractivity contribution is -1.36. The van der Waals surface area contributed by atoms with Gasteiger partial charge in [0.1, 0.15) is 64.2 Å². The normalized spacial score (nSPS) is 30.5. The zero-order valence-electron chi connectivity index (χ0n) is 30.5. The van der Waals surface area contributed by atoms with Crippen molar-refractivity contribution in [1.82, 2.24) is 10.6 Å². The Balaban J connectivity index is 1.27. The van der Waals surface area contributed by atoms with E-state index in [1.54, 1.807) is 0 Å². The summed E-state index contributed by atoms with van der Waals surface area (Å²) < 4.78 is 1.51. The quantitative estimate of drug-likeness (QED) is 0.0475. The zero-order chi connectivity index (χ0) is 39.2. The molecule has 296 valence electrons. The third kappa shape index (κ3) is 8.17. The molecule has 4 saturated heterocycles. The Morgan fingerprint density at radius 2 is 1.13 bits per heavy atom. The molecule has 19 nitrogen and oxygen atoms in total. The van der Waals surface area contributed by atoms with Crippen LogP contribution in [0.4, 0.5) is 4.79 Å². The second kappa shape index (κ2) is 16.4. The van der Waals surface area contributed by atoms with Crippen molar-refractivity contribution < 1.29 is 81.8 Å². The number of aliphatic carboxylic acids is 5. The molecule has 19 heteroatoms. The van der Waals surface area contributed by atoms with Crippen molar-refractivity contribution in [3.63, 3.8) is 0 Å². The average molecular weight is 757 g/mol. The van der Waals surface area contributed by atoms with Crippen LogP contribution >= 0.6 is 0 Å². The SMILES string of the molecule is C[N+]12CC[N+]3(CC(=O)O)CC[N+]4(CC(=O)O)CC[N@+](CC(=O)CCCCC[C@H](CC(=O)CC[C@H](NC(=O)NCCCC(=O)O)C(=O)O)C(=O)O)(CC1)[C@@]234. The molecule has 2 amide bonds. The molecule has 4 fully saturated rings. The first-order valence-corrected chi connectivity index (χ1v) is 18.5. The van der Waals surface area contributed by atoms with Gasteiger partial charge in [0.15, 0.2) is 25.4 Å². The number of carboxylic acid groups (broad SMARTS) is 5. The summed E-state index contributed by atoms with van der Waals surface area (Å²) in [6.07, 6.45) is 1.03. The van der Waals surface area contributed by atoms with Gasteiger partial charge in [-0.1, -0.05) is 12.8 Å². The Kier molecular flexibility index (Phi) is 12.9. The van der Waals surface area contributed by atoms with Crippen LogP contribution in [-0.4, -0.2) is 188 Å². The summed E-state index contributed by atoms with van der Waals surface area (Å²) in [7, 11) is 2.11. The highest BCUT2D eigenvalue weighted by Crippen LogP contribution is 2.61. The van der Waals surface area contributed by atoms with Crippen LogP contribution < -0.4 is 10.6 Å². The van der Waals surface area contributed by atoms with Crippen molar-refractivity contribution in [2.45, 2.75) is 76.2 Å². The number of nitrogens with zero attached hydrogens (tertiary/aromatic N) is 4. The Bertz CT molecular complexity index is 1470. The van der Waals surface area contributed by atoms with E-state index >= 15 is 0 Å². The molecular formula is C34H56N6O13+4. The van der Waals surface area contributed by atoms with Gasteiger partial charge in [0.25, 0.3) is 0 Å². The third-order valence-electron chi connectivity index (χ3n) is 12.4. The van der Waals surface area contributed by atoms with Gasteiger partial charge in [0.05, 0.1) is 13.0 Å². The number of carbonyl (C=O) groups excluding carboxylic acids is 3. The van der Waals surface area contributed by atoms with Crippen molar-refractivity contribution in [2.75, 3.05) is 85.6 Å². The minimum Gasteiger partial charge on any atom is -0.481 e. The number of hydrogen-bond acceptors (Lipinski definition) is 8. The summed E-state index contributed by atoms with van der Waals surface area (Å²) >= 11 is 0. The fourth-order valence-corrected chi connectivity index (χ4v) is 10.6. The smallest absolute Gasteiger partial charge is 0.481 e. The lowest BCUT2D eigenvalue weighted by Gasteiger charge is -2.49. The molecule has 7 N–H and O–H groups in total. The van der Waals surface area contributed by atoms with Crippen molar-refractivity contribution in [3.05, 3.63) is 0 Å². The van der Waals surface area contributed by atoms with E-state index in [4.69, 9.17) is 5.11 Å². The van der Waals surface area contributed by atoms with Gasteiger partial charge in [-0.2, -0.15) is 8.97 Å². The van der Waals surface area contributed by atoms with Gasteiger partial charge in [-0.25, -0.2) is 19.2 Å². The van der Waals surface area contributed by atoms with Gasteiger partial charge in [-0.05, 0) is 25.7 Å². The molecular weight excluding hydrogens is 700 g/mol. The minimum atomic E-state index is -1.40. The van der Waals surface area contributed by atoms with Crippen molar-refractivity contribution >= 4 is 47.4 Å². The van der Waals surface area contributed by atoms with Crippen LogP contribution in [0.15, 0.2) is 0 Å². The Morgan fingerprint density at radius 3 is 1.64 bits per heavy atom. The number of ketones is 2. The highest BCUT2D eigenvalue weighted by atomic mass is 16.4. The van der Waals surface area contributed by atoms with Gasteiger partial charge in [-0.15, -0.1) is 8.97 Å². The number of likely N-dealkylation sites (N-methyl/N-ethyl adjacent to an activating group) is 1. The highest BCUT2D eigenvalue weighted by Gasteiger charge is 2.98. The third-order valence-corrected chi connectivity index (χ3v) is 12.4. The number of urea groups is 1. The number of amides is 2. The monoisotopic (exact) mass is 756 g/mol. The van der Waals surface area contributed by atoms with Crippen LogP contribution in [0.3, 0.4) is 0 Å². The standard InChI is InChI=1S/C34H52N6O13/c1-37-12-14-38(16-17-40(23-30(47)48)19-18-39(15-13-37,22-29(45)46)34(37,38)40)21-26(42)7-4-2-3-6-24(31(49)50)20-25(41)9-10-27(32(51)52)36-33(53)35-11-5-8-28(43)44/h24,27H,2-23H2,1H3,(H3-4,35,36,43,44,45,46,47,48,49,50,51,52,53)/p+4/t24-,27+,34+,37?,38+,39?,40?/m1/s1. The van der Waals surface area contributed by atoms with E-state index < -0.39 is 59.5 Å². The Labute approximate surface area is 307 Å². The molecule has 0 aromatic carbocycles. The zero-order valence-corrected chi connectivity index (χ0v) is 30.5. The summed E-state index contributed by atoms with van der Waals surface area (Å²) in [4.78, 5) is 97.0. The summed E-state index contributed by atoms with van der Waals surface area (Å²) in [5.74, 6) is -7.67. The molecule has 3 unspecified atom stereocenters. The lowest BCUT2D eigenvalue weighted by atomic mass is 9.93. The summed E-state index contributed by atoms with van der Waals surface area (Å²) in [6, 6.07) is -2.23. The number of nitrogens with one attached hydrogen (secondary N) is 2. The van der Waals surface area contributed by atoms with Crippen LogP contribution in [0.5, 0.6) is 0 Å². The first-order chi connectivity index (χ1) is 24.9. The number of rotatable bonds is 24. The molecule has 1 spiro atoms. The molecule has 0 bridgehead atoms. The molecule has 4 rings (SSSR count). The van der Waals surface area contributed by atoms with Crippen LogP contribution in [0, 0.1) is 5.92 Å². The number of carbonyl (C=O) groups is 8. The van der Waals surface area contributed by atoms with Crippen LogP contribution in [0.25, 0.3) is 0 Å². The average Bonchev–Trinajstić information content (AvgIpc) is 3.68. The highest BCUT2D eigenvalue weighted by molar-refractivity contribution is 5.86. The Morgan fingerprint density at radius 1 is 0.585 bits per heavy atom.